The smallest absolute Gasteiger partial charge is 0.337 e. The summed E-state index contributed by atoms with van der Waals surface area (Å²) in [5, 5.41) is 11.7. The second kappa shape index (κ2) is 5.48. The molecule has 1 aromatic carbocycles. The van der Waals surface area contributed by atoms with Gasteiger partial charge in [0, 0.05) is 5.56 Å². The van der Waals surface area contributed by atoms with Crippen molar-refractivity contribution in [1.82, 2.24) is 0 Å². The first-order valence-corrected chi connectivity index (χ1v) is 5.79. The number of hydrogen-bond acceptors (Lipinski definition) is 4. The van der Waals surface area contributed by atoms with Gasteiger partial charge in [-0.1, -0.05) is 0 Å². The van der Waals surface area contributed by atoms with E-state index in [2.05, 4.69) is 5.32 Å². The number of carboxylic acid groups (broad SMARTS) is 1. The zero-order valence-electron chi connectivity index (χ0n) is 11.0. The van der Waals surface area contributed by atoms with Crippen molar-refractivity contribution in [2.75, 3.05) is 12.4 Å². The van der Waals surface area contributed by atoms with Gasteiger partial charge in [-0.25, -0.2) is 4.79 Å². The van der Waals surface area contributed by atoms with Gasteiger partial charge in [-0.3, -0.25) is 4.79 Å². The highest BCUT2D eigenvalue weighted by Crippen LogP contribution is 2.23. The van der Waals surface area contributed by atoms with E-state index in [1.807, 2.05) is 0 Å². The largest absolute Gasteiger partial charge is 0.497 e. The van der Waals surface area contributed by atoms with Crippen LogP contribution in [-0.4, -0.2) is 24.1 Å². The molecular weight excluding hydrogens is 262 g/mol. The number of ether oxygens (including phenoxy) is 1. The molecule has 0 bridgehead atoms. The molecule has 2 aromatic rings. The van der Waals surface area contributed by atoms with Crippen LogP contribution < -0.4 is 10.1 Å². The Morgan fingerprint density at radius 3 is 2.60 bits per heavy atom. The third-order valence-electron chi connectivity index (χ3n) is 2.77. The highest BCUT2D eigenvalue weighted by molar-refractivity contribution is 6.07. The van der Waals surface area contributed by atoms with Gasteiger partial charge in [0.1, 0.15) is 5.75 Å². The number of carbonyl (C=O) groups is 2. The zero-order chi connectivity index (χ0) is 14.7. The average Bonchev–Trinajstić information content (AvgIpc) is 2.85. The maximum Gasteiger partial charge on any atom is 0.337 e. The van der Waals surface area contributed by atoms with Crippen molar-refractivity contribution in [3.63, 3.8) is 0 Å². The summed E-state index contributed by atoms with van der Waals surface area (Å²) in [5.41, 5.74) is 0.800. The van der Waals surface area contributed by atoms with Crippen molar-refractivity contribution < 1.29 is 23.8 Å². The number of aromatic carboxylic acids is 1. The number of nitrogens with one attached hydrogen (secondary N) is 1. The summed E-state index contributed by atoms with van der Waals surface area (Å²) in [7, 11) is 1.44. The number of furan rings is 1. The number of hydrogen-bond donors (Lipinski definition) is 2. The average molecular weight is 275 g/mol. The molecule has 0 saturated carbocycles. The normalized spacial score (nSPS) is 10.1. The second-order valence-corrected chi connectivity index (χ2v) is 4.10. The van der Waals surface area contributed by atoms with E-state index in [0.717, 1.165) is 0 Å². The van der Waals surface area contributed by atoms with Crippen LogP contribution in [0.15, 0.2) is 34.9 Å². The fourth-order valence-electron chi connectivity index (χ4n) is 1.72. The highest BCUT2D eigenvalue weighted by atomic mass is 16.5. The van der Waals surface area contributed by atoms with Crippen LogP contribution in [0.2, 0.25) is 0 Å². The lowest BCUT2D eigenvalue weighted by atomic mass is 10.1. The van der Waals surface area contributed by atoms with E-state index >= 15 is 0 Å². The molecule has 0 unspecified atom stereocenters. The Morgan fingerprint density at radius 2 is 2.05 bits per heavy atom. The molecular formula is C14H13NO5. The van der Waals surface area contributed by atoms with Crippen molar-refractivity contribution in [3.8, 4) is 5.75 Å². The van der Waals surface area contributed by atoms with E-state index in [4.69, 9.17) is 14.3 Å². The van der Waals surface area contributed by atoms with E-state index < -0.39 is 11.9 Å². The monoisotopic (exact) mass is 275 g/mol. The van der Waals surface area contributed by atoms with E-state index in [1.165, 1.54) is 25.5 Å². The van der Waals surface area contributed by atoms with Gasteiger partial charge in [0.15, 0.2) is 5.76 Å². The minimum Gasteiger partial charge on any atom is -0.497 e. The number of aryl methyl sites for hydroxylation is 1. The number of anilines is 1. The summed E-state index contributed by atoms with van der Waals surface area (Å²) in [6, 6.07) is 6.03. The fourth-order valence-corrected chi connectivity index (χ4v) is 1.72. The third kappa shape index (κ3) is 2.64. The van der Waals surface area contributed by atoms with Gasteiger partial charge >= 0.3 is 5.97 Å². The minimum absolute atomic E-state index is 0.0538. The third-order valence-corrected chi connectivity index (χ3v) is 2.77. The SMILES string of the molecule is COc1ccc(NC(=O)c2occc2C)c(C(=O)O)c1. The van der Waals surface area contributed by atoms with Crippen LogP contribution in [0.1, 0.15) is 26.5 Å². The number of benzene rings is 1. The molecule has 0 radical (unpaired) electrons. The molecule has 0 spiro atoms. The number of methoxy groups -OCH3 is 1. The summed E-state index contributed by atoms with van der Waals surface area (Å²) in [4.78, 5) is 23.2. The first-order chi connectivity index (χ1) is 9.52. The molecule has 0 fully saturated rings. The molecule has 0 aliphatic rings. The number of carbonyl (C=O) groups excluding carboxylic acids is 1. The Morgan fingerprint density at radius 1 is 1.30 bits per heavy atom. The van der Waals surface area contributed by atoms with Gasteiger partial charge in [0.2, 0.25) is 0 Å². The molecule has 0 atom stereocenters. The number of carboxylic acids is 1. The van der Waals surface area contributed by atoms with Crippen LogP contribution in [0.3, 0.4) is 0 Å². The second-order valence-electron chi connectivity index (χ2n) is 4.10. The number of amides is 1. The van der Waals surface area contributed by atoms with Crippen LogP contribution in [0.5, 0.6) is 5.75 Å². The van der Waals surface area contributed by atoms with Crippen molar-refractivity contribution in [3.05, 3.63) is 47.4 Å². The summed E-state index contributed by atoms with van der Waals surface area (Å²) in [5.74, 6) is -1.11. The lowest BCUT2D eigenvalue weighted by Crippen LogP contribution is -2.15. The van der Waals surface area contributed by atoms with E-state index in [0.29, 0.717) is 11.3 Å². The topological polar surface area (TPSA) is 88.8 Å². The predicted octanol–water partition coefficient (Wildman–Crippen LogP) is 2.55. The van der Waals surface area contributed by atoms with Crippen molar-refractivity contribution in [2.45, 2.75) is 6.92 Å². The molecule has 0 aliphatic heterocycles. The lowest BCUT2D eigenvalue weighted by Gasteiger charge is -2.09. The highest BCUT2D eigenvalue weighted by Gasteiger charge is 2.17. The predicted molar refractivity (Wildman–Crippen MR) is 71.4 cm³/mol. The molecule has 6 nitrogen and oxygen atoms in total. The van der Waals surface area contributed by atoms with Crippen LogP contribution in [0.4, 0.5) is 5.69 Å². The Labute approximate surface area is 115 Å². The van der Waals surface area contributed by atoms with Crippen molar-refractivity contribution in [1.29, 1.82) is 0 Å². The van der Waals surface area contributed by atoms with Crippen LogP contribution in [0, 0.1) is 6.92 Å². The molecule has 0 aliphatic carbocycles. The van der Waals surface area contributed by atoms with E-state index in [9.17, 15) is 9.59 Å². The van der Waals surface area contributed by atoms with Crippen molar-refractivity contribution in [2.24, 2.45) is 0 Å². The van der Waals surface area contributed by atoms with Gasteiger partial charge in [-0.15, -0.1) is 0 Å². The molecule has 1 aromatic heterocycles. The Kier molecular flexibility index (Phi) is 3.74. The van der Waals surface area contributed by atoms with Crippen LogP contribution in [-0.2, 0) is 0 Å². The first-order valence-electron chi connectivity index (χ1n) is 5.79. The number of rotatable bonds is 4. The lowest BCUT2D eigenvalue weighted by molar-refractivity contribution is 0.0697. The molecule has 2 rings (SSSR count). The summed E-state index contributed by atoms with van der Waals surface area (Å²) >= 11 is 0. The molecule has 20 heavy (non-hydrogen) atoms. The fraction of sp³-hybridized carbons (Fsp3) is 0.143. The molecule has 1 amide bonds. The first kappa shape index (κ1) is 13.7. The Bertz CT molecular complexity index is 659. The summed E-state index contributed by atoms with van der Waals surface area (Å²) < 4.78 is 10.0. The molecule has 2 N–H and O–H groups in total. The van der Waals surface area contributed by atoms with Crippen molar-refractivity contribution >= 4 is 17.6 Å². The molecule has 0 saturated heterocycles. The van der Waals surface area contributed by atoms with E-state index in [-0.39, 0.29) is 17.0 Å². The molecule has 1 heterocycles. The maximum absolute atomic E-state index is 12.0. The maximum atomic E-state index is 12.0. The van der Waals surface area contributed by atoms with Crippen LogP contribution >= 0.6 is 0 Å². The Hall–Kier alpha value is -2.76. The van der Waals surface area contributed by atoms with Gasteiger partial charge in [0.05, 0.1) is 24.6 Å². The molecule has 104 valence electrons. The zero-order valence-corrected chi connectivity index (χ0v) is 11.0. The Balaban J connectivity index is 2.32. The summed E-state index contributed by atoms with van der Waals surface area (Å²) in [6.07, 6.45) is 1.40. The van der Waals surface area contributed by atoms with Gasteiger partial charge in [-0.05, 0) is 31.2 Å². The quantitative estimate of drug-likeness (QED) is 0.895. The minimum atomic E-state index is -1.16. The summed E-state index contributed by atoms with van der Waals surface area (Å²) in [6.45, 7) is 1.73. The van der Waals surface area contributed by atoms with E-state index in [1.54, 1.807) is 19.1 Å². The van der Waals surface area contributed by atoms with Gasteiger partial charge < -0.3 is 19.6 Å². The standard InChI is InChI=1S/C14H13NO5/c1-8-5-6-20-12(8)13(16)15-11-4-3-9(19-2)7-10(11)14(17)18/h3-7H,1-2H3,(H,15,16)(H,17,18). The van der Waals surface area contributed by atoms with Gasteiger partial charge in [-0.2, -0.15) is 0 Å². The molecule has 6 heteroatoms. The van der Waals surface area contributed by atoms with Crippen LogP contribution in [0.25, 0.3) is 0 Å². The van der Waals surface area contributed by atoms with Gasteiger partial charge in [0.25, 0.3) is 5.91 Å².